The third kappa shape index (κ3) is 4.18. The molecule has 1 aromatic rings. The number of halogens is 1. The molecule has 0 bridgehead atoms. The molecule has 0 fully saturated rings. The molecular formula is C15H24ClNO. The van der Waals surface area contributed by atoms with Crippen LogP contribution >= 0.6 is 11.6 Å². The quantitative estimate of drug-likeness (QED) is 0.838. The number of nitrogens with one attached hydrogen (secondary N) is 1. The van der Waals surface area contributed by atoms with Crippen molar-refractivity contribution in [3.05, 3.63) is 28.3 Å². The van der Waals surface area contributed by atoms with E-state index < -0.39 is 0 Å². The van der Waals surface area contributed by atoms with E-state index in [0.717, 1.165) is 35.0 Å². The predicted molar refractivity (Wildman–Crippen MR) is 78.9 cm³/mol. The molecule has 1 unspecified atom stereocenters. The zero-order valence-corrected chi connectivity index (χ0v) is 12.8. The lowest BCUT2D eigenvalue weighted by Crippen LogP contribution is -2.28. The second-order valence-corrected chi connectivity index (χ2v) is 5.44. The minimum absolute atomic E-state index is 0.157. The fourth-order valence-electron chi connectivity index (χ4n) is 1.84. The topological polar surface area (TPSA) is 21.3 Å². The minimum Gasteiger partial charge on any atom is -0.489 e. The molecule has 0 spiro atoms. The molecule has 0 aliphatic heterocycles. The highest BCUT2D eigenvalue weighted by atomic mass is 35.5. The molecule has 1 atom stereocenters. The number of hydrogen-bond acceptors (Lipinski definition) is 2. The van der Waals surface area contributed by atoms with Gasteiger partial charge in [-0.1, -0.05) is 32.4 Å². The van der Waals surface area contributed by atoms with Crippen molar-refractivity contribution in [1.29, 1.82) is 0 Å². The molecule has 3 heteroatoms. The van der Waals surface area contributed by atoms with Crippen LogP contribution in [0, 0.1) is 6.92 Å². The van der Waals surface area contributed by atoms with E-state index in [1.54, 1.807) is 0 Å². The van der Waals surface area contributed by atoms with Gasteiger partial charge in [0, 0.05) is 11.6 Å². The molecule has 0 aliphatic rings. The molecule has 0 aromatic heterocycles. The monoisotopic (exact) mass is 269 g/mol. The van der Waals surface area contributed by atoms with E-state index in [2.05, 4.69) is 39.1 Å². The van der Waals surface area contributed by atoms with Crippen molar-refractivity contribution in [1.82, 2.24) is 5.32 Å². The molecule has 1 N–H and O–H groups in total. The standard InChI is InChI=1S/C15H24ClNO/c1-6-17-9-12(5)18-15-8-13(10(2)3)14(16)7-11(15)4/h7-8,10,12,17H,6,9H2,1-5H3. The maximum atomic E-state index is 6.25. The number of likely N-dealkylation sites (N-methyl/N-ethyl adjacent to an activating group) is 1. The SMILES string of the molecule is CCNCC(C)Oc1cc(C(C)C)c(Cl)cc1C. The average Bonchev–Trinajstić information content (AvgIpc) is 2.29. The lowest BCUT2D eigenvalue weighted by molar-refractivity contribution is 0.216. The van der Waals surface area contributed by atoms with Crippen LogP contribution in [0.5, 0.6) is 5.75 Å². The summed E-state index contributed by atoms with van der Waals surface area (Å²) in [5.41, 5.74) is 2.24. The Morgan fingerprint density at radius 1 is 1.28 bits per heavy atom. The van der Waals surface area contributed by atoms with Crippen LogP contribution < -0.4 is 10.1 Å². The lowest BCUT2D eigenvalue weighted by atomic mass is 10.0. The van der Waals surface area contributed by atoms with Gasteiger partial charge in [-0.2, -0.15) is 0 Å². The van der Waals surface area contributed by atoms with Crippen molar-refractivity contribution in [2.45, 2.75) is 46.6 Å². The molecule has 102 valence electrons. The van der Waals surface area contributed by atoms with Crippen LogP contribution in [0.3, 0.4) is 0 Å². The van der Waals surface area contributed by atoms with Crippen LogP contribution in [0.15, 0.2) is 12.1 Å². The van der Waals surface area contributed by atoms with Gasteiger partial charge in [-0.05, 0) is 49.6 Å². The zero-order valence-electron chi connectivity index (χ0n) is 12.0. The number of hydrogen-bond donors (Lipinski definition) is 1. The summed E-state index contributed by atoms with van der Waals surface area (Å²) in [7, 11) is 0. The van der Waals surface area contributed by atoms with Gasteiger partial charge >= 0.3 is 0 Å². The Morgan fingerprint density at radius 2 is 1.94 bits per heavy atom. The number of ether oxygens (including phenoxy) is 1. The van der Waals surface area contributed by atoms with Gasteiger partial charge in [0.1, 0.15) is 11.9 Å². The van der Waals surface area contributed by atoms with Gasteiger partial charge in [0.25, 0.3) is 0 Å². The highest BCUT2D eigenvalue weighted by Crippen LogP contribution is 2.31. The smallest absolute Gasteiger partial charge is 0.123 e. The first kappa shape index (κ1) is 15.3. The van der Waals surface area contributed by atoms with Crippen LogP contribution in [0.4, 0.5) is 0 Å². The van der Waals surface area contributed by atoms with Crippen LogP contribution in [-0.2, 0) is 0 Å². The fourth-order valence-corrected chi connectivity index (χ4v) is 2.28. The van der Waals surface area contributed by atoms with Gasteiger partial charge in [0.05, 0.1) is 0 Å². The summed E-state index contributed by atoms with van der Waals surface area (Å²) in [4.78, 5) is 0. The van der Waals surface area contributed by atoms with E-state index in [4.69, 9.17) is 16.3 Å². The second-order valence-electron chi connectivity index (χ2n) is 5.03. The largest absolute Gasteiger partial charge is 0.489 e. The second kappa shape index (κ2) is 7.01. The minimum atomic E-state index is 0.157. The molecule has 1 rings (SSSR count). The molecule has 0 amide bonds. The number of rotatable bonds is 6. The van der Waals surface area contributed by atoms with E-state index in [1.807, 2.05) is 13.0 Å². The summed E-state index contributed by atoms with van der Waals surface area (Å²) in [5.74, 6) is 1.35. The Bertz CT molecular complexity index is 390. The van der Waals surface area contributed by atoms with Crippen molar-refractivity contribution in [3.63, 3.8) is 0 Å². The van der Waals surface area contributed by atoms with Crippen LogP contribution in [0.25, 0.3) is 0 Å². The number of benzene rings is 1. The Balaban J connectivity index is 2.85. The Kier molecular flexibility index (Phi) is 5.97. The van der Waals surface area contributed by atoms with Gasteiger partial charge in [0.15, 0.2) is 0 Å². The summed E-state index contributed by atoms with van der Waals surface area (Å²) in [6.45, 7) is 12.3. The Hall–Kier alpha value is -0.730. The summed E-state index contributed by atoms with van der Waals surface area (Å²) in [6.07, 6.45) is 0.157. The third-order valence-electron chi connectivity index (χ3n) is 2.93. The summed E-state index contributed by atoms with van der Waals surface area (Å²) in [5, 5.41) is 4.11. The maximum Gasteiger partial charge on any atom is 0.123 e. The van der Waals surface area contributed by atoms with Crippen LogP contribution in [0.2, 0.25) is 5.02 Å². The molecule has 0 aliphatic carbocycles. The zero-order chi connectivity index (χ0) is 13.7. The maximum absolute atomic E-state index is 6.25. The highest BCUT2D eigenvalue weighted by Gasteiger charge is 2.12. The molecule has 18 heavy (non-hydrogen) atoms. The lowest BCUT2D eigenvalue weighted by Gasteiger charge is -2.19. The molecule has 0 saturated heterocycles. The molecule has 1 aromatic carbocycles. The first-order valence-corrected chi connectivity index (χ1v) is 7.00. The van der Waals surface area contributed by atoms with E-state index in [0.29, 0.717) is 5.92 Å². The Labute approximate surface area is 116 Å². The van der Waals surface area contributed by atoms with Crippen LogP contribution in [-0.4, -0.2) is 19.2 Å². The number of aryl methyl sites for hydroxylation is 1. The van der Waals surface area contributed by atoms with Crippen molar-refractivity contribution < 1.29 is 4.74 Å². The highest BCUT2D eigenvalue weighted by molar-refractivity contribution is 6.31. The van der Waals surface area contributed by atoms with Gasteiger partial charge in [0.2, 0.25) is 0 Å². The molecule has 0 heterocycles. The van der Waals surface area contributed by atoms with Crippen molar-refractivity contribution in [2.24, 2.45) is 0 Å². The van der Waals surface area contributed by atoms with E-state index >= 15 is 0 Å². The average molecular weight is 270 g/mol. The summed E-state index contributed by atoms with van der Waals surface area (Å²) < 4.78 is 5.97. The van der Waals surface area contributed by atoms with E-state index in [1.165, 1.54) is 0 Å². The van der Waals surface area contributed by atoms with Crippen molar-refractivity contribution in [2.75, 3.05) is 13.1 Å². The van der Waals surface area contributed by atoms with Gasteiger partial charge < -0.3 is 10.1 Å². The molecule has 0 radical (unpaired) electrons. The molecular weight excluding hydrogens is 246 g/mol. The van der Waals surface area contributed by atoms with Crippen molar-refractivity contribution >= 4 is 11.6 Å². The predicted octanol–water partition coefficient (Wildman–Crippen LogP) is 4.15. The first-order valence-electron chi connectivity index (χ1n) is 6.63. The van der Waals surface area contributed by atoms with Gasteiger partial charge in [-0.15, -0.1) is 0 Å². The molecule has 2 nitrogen and oxygen atoms in total. The fraction of sp³-hybridized carbons (Fsp3) is 0.600. The summed E-state index contributed by atoms with van der Waals surface area (Å²) in [6, 6.07) is 4.07. The van der Waals surface area contributed by atoms with Gasteiger partial charge in [-0.25, -0.2) is 0 Å². The summed E-state index contributed by atoms with van der Waals surface area (Å²) >= 11 is 6.25. The Morgan fingerprint density at radius 3 is 2.50 bits per heavy atom. The molecule has 0 saturated carbocycles. The third-order valence-corrected chi connectivity index (χ3v) is 3.25. The van der Waals surface area contributed by atoms with E-state index in [9.17, 15) is 0 Å². The van der Waals surface area contributed by atoms with Gasteiger partial charge in [-0.3, -0.25) is 0 Å². The van der Waals surface area contributed by atoms with Crippen molar-refractivity contribution in [3.8, 4) is 5.75 Å². The van der Waals surface area contributed by atoms with E-state index in [-0.39, 0.29) is 6.10 Å². The first-order chi connectivity index (χ1) is 8.45. The van der Waals surface area contributed by atoms with Crippen LogP contribution in [0.1, 0.15) is 44.7 Å². The normalized spacial score (nSPS) is 12.8.